The van der Waals surface area contributed by atoms with Gasteiger partial charge in [-0.1, -0.05) is 214 Å². The van der Waals surface area contributed by atoms with Crippen molar-refractivity contribution in [2.24, 2.45) is 16.2 Å². The van der Waals surface area contributed by atoms with Crippen LogP contribution in [0.5, 0.6) is 0 Å². The Bertz CT molecular complexity index is 5970. The molecule has 0 bridgehead atoms. The third-order valence-corrected chi connectivity index (χ3v) is 21.9. The van der Waals surface area contributed by atoms with Crippen LogP contribution in [0.3, 0.4) is 0 Å². The number of esters is 5. The van der Waals surface area contributed by atoms with E-state index in [1.165, 1.54) is 6.08 Å². The molecule has 5 aliphatic heterocycles. The van der Waals surface area contributed by atoms with E-state index in [1.54, 1.807) is 160 Å². The summed E-state index contributed by atoms with van der Waals surface area (Å²) in [6.45, 7) is 36.1. The fraction of sp³-hybridized carbons (Fsp3) is 0.364. The molecule has 0 spiro atoms. The number of anilines is 5. The molecule has 730 valence electrons. The van der Waals surface area contributed by atoms with Gasteiger partial charge in [0.25, 0.3) is 0 Å². The lowest BCUT2D eigenvalue weighted by Crippen LogP contribution is -2.39. The zero-order valence-corrected chi connectivity index (χ0v) is 82.1. The standard InChI is InChI=1S/C26H31NO5.C22H21NO5.C19H27NO5S.C18H25NO3.C15H13NO3.C7H10O3/c1-25(2,3)22(21-20(28)15-26(4,5)32-23(21)29)18-12-9-13-19(14-18)27-24(30)31-16-17-10-7-6-8-11-17;1-22(2)13-19(24)18(20(25)28-22)12-16-9-6-10-17(11-16)23-21(26)27-14-15-7-4-3-5-8-15;1-18(2,3)16(15-14(21)11-19(4,5)25-17(15)22)12-8-7-9-13(10-12)20-26(6,23)24;1-17(2,3)15(11-7-6-8-12(19)9-11)14-13(20)10-18(4,5)22-16(14)21;17-10-13-7-4-8-14(9-13)16-15(18)19-11-12-5-2-1-3-6-12;1-7(2)4-5(8)3-6(9)10-7/h6-14,22,28H,15-16H2,1-5H3,(H,27,30);3-12H,13-14H2,1-2H3,(H,23,26);7-10,16,20-21H,11H2,1-6H3;6-9,15,20H,10,19H2,1-5H3;1-10H,11H2,(H,16,18);3,8H,4H2,1-2H3. The van der Waals surface area contributed by atoms with Gasteiger partial charge in [0.2, 0.25) is 10.0 Å². The number of carbonyl (C=O) groups excluding carboxylic acids is 10. The van der Waals surface area contributed by atoms with Crippen LogP contribution >= 0.6 is 0 Å². The Morgan fingerprint density at radius 2 is 0.715 bits per heavy atom. The van der Waals surface area contributed by atoms with Crippen LogP contribution in [0.1, 0.15) is 231 Å². The first-order valence-electron chi connectivity index (χ1n) is 44.4. The number of benzene rings is 8. The molecular weight excluding hydrogens is 1770 g/mol. The summed E-state index contributed by atoms with van der Waals surface area (Å²) in [6.07, 6.45) is 4.01. The number of aliphatic hydroxyl groups is 4. The molecule has 13 rings (SSSR count). The lowest BCUT2D eigenvalue weighted by Gasteiger charge is -2.38. The second kappa shape index (κ2) is 45.8. The summed E-state index contributed by atoms with van der Waals surface area (Å²) in [5, 5.41) is 48.7. The van der Waals surface area contributed by atoms with Crippen molar-refractivity contribution >= 4 is 105 Å². The van der Waals surface area contributed by atoms with Crippen molar-refractivity contribution in [2.45, 2.75) is 229 Å². The molecule has 1 saturated heterocycles. The monoisotopic (exact) mass is 1900 g/mol. The van der Waals surface area contributed by atoms with Crippen LogP contribution in [-0.4, -0.2) is 123 Å². The quantitative estimate of drug-likeness (QED) is 0.00906. The molecule has 8 aromatic rings. The smallest absolute Gasteiger partial charge is 0.411 e. The van der Waals surface area contributed by atoms with Crippen LogP contribution in [0.2, 0.25) is 0 Å². The number of nitrogens with one attached hydrogen (secondary N) is 4. The highest BCUT2D eigenvalue weighted by molar-refractivity contribution is 7.92. The number of nitrogen functional groups attached to an aromatic ring is 1. The van der Waals surface area contributed by atoms with E-state index in [9.17, 15) is 71.7 Å². The van der Waals surface area contributed by atoms with E-state index in [0.717, 1.165) is 52.0 Å². The van der Waals surface area contributed by atoms with Crippen LogP contribution in [0, 0.1) is 16.2 Å². The molecule has 30 heteroatoms. The molecule has 10 N–H and O–H groups in total. The third kappa shape index (κ3) is 34.2. The largest absolute Gasteiger partial charge is 0.512 e. The summed E-state index contributed by atoms with van der Waals surface area (Å²) in [4.78, 5) is 119. The first-order valence-corrected chi connectivity index (χ1v) is 46.3. The second-order valence-electron chi connectivity index (χ2n) is 40.0. The predicted octanol–water partition coefficient (Wildman–Crippen LogP) is 22.3. The number of ketones is 1. The average Bonchev–Trinajstić information content (AvgIpc) is 0.762. The van der Waals surface area contributed by atoms with Gasteiger partial charge in [0, 0.05) is 77.4 Å². The Labute approximate surface area is 801 Å². The fourth-order valence-electron chi connectivity index (χ4n) is 15.8. The molecule has 0 saturated carbocycles. The van der Waals surface area contributed by atoms with E-state index in [4.69, 9.17) is 48.7 Å². The Morgan fingerprint density at radius 3 is 1.05 bits per heavy atom. The predicted molar refractivity (Wildman–Crippen MR) is 524 cm³/mol. The summed E-state index contributed by atoms with van der Waals surface area (Å²) < 4.78 is 67.8. The molecule has 0 aromatic heterocycles. The van der Waals surface area contributed by atoms with E-state index in [0.29, 0.717) is 58.0 Å². The van der Waals surface area contributed by atoms with Gasteiger partial charge in [-0.2, -0.15) is 0 Å². The lowest BCUT2D eigenvalue weighted by molar-refractivity contribution is -0.160. The Morgan fingerprint density at radius 1 is 0.401 bits per heavy atom. The number of sulfonamides is 1. The van der Waals surface area contributed by atoms with E-state index in [2.05, 4.69) is 20.7 Å². The van der Waals surface area contributed by atoms with Crippen molar-refractivity contribution in [1.82, 2.24) is 0 Å². The minimum Gasteiger partial charge on any atom is -0.512 e. The highest BCUT2D eigenvalue weighted by atomic mass is 32.2. The van der Waals surface area contributed by atoms with Gasteiger partial charge in [0.1, 0.15) is 82.7 Å². The molecule has 3 unspecified atom stereocenters. The van der Waals surface area contributed by atoms with E-state index in [1.807, 2.05) is 184 Å². The van der Waals surface area contributed by atoms with Gasteiger partial charge < -0.3 is 64.1 Å². The number of nitrogens with two attached hydrogens (primary N) is 1. The minimum atomic E-state index is -3.42. The number of amides is 3. The maximum Gasteiger partial charge on any atom is 0.411 e. The Kier molecular flexibility index (Phi) is 36.1. The van der Waals surface area contributed by atoms with Gasteiger partial charge in [0.05, 0.1) is 35.5 Å². The third-order valence-electron chi connectivity index (χ3n) is 21.3. The Hall–Kier alpha value is -14.3. The van der Waals surface area contributed by atoms with Crippen LogP contribution in [0.15, 0.2) is 264 Å². The molecule has 0 radical (unpaired) electrons. The van der Waals surface area contributed by atoms with Crippen LogP contribution in [0.25, 0.3) is 6.08 Å². The molecule has 5 aliphatic rings. The summed E-state index contributed by atoms with van der Waals surface area (Å²) in [5.41, 5.74) is 11.0. The van der Waals surface area contributed by atoms with Crippen LogP contribution in [-0.2, 0) is 96.5 Å². The number of cyclic esters (lactones) is 5. The molecule has 3 atom stereocenters. The normalized spacial score (nSPS) is 17.3. The van der Waals surface area contributed by atoms with Gasteiger partial charge in [-0.05, 0) is 191 Å². The molecular formula is C107H127N5O24S. The number of hydrogen-bond acceptors (Lipinski definition) is 25. The number of aliphatic hydroxyl groups excluding tert-OH is 4. The molecule has 3 amide bonds. The highest BCUT2D eigenvalue weighted by Gasteiger charge is 2.47. The molecule has 1 fully saturated rings. The average molecular weight is 1900 g/mol. The molecule has 137 heavy (non-hydrogen) atoms. The maximum absolute atomic E-state index is 12.8. The summed E-state index contributed by atoms with van der Waals surface area (Å²) in [6, 6.07) is 63.1. The van der Waals surface area contributed by atoms with Gasteiger partial charge in [-0.25, -0.2) is 46.8 Å². The number of hydrogen-bond donors (Lipinski definition) is 9. The SMILES string of the molecule is CC1(C)CC(=O)C(=Cc2cccc(NC(=O)OCc3ccccc3)c2)C(=O)O1.CC1(C)CC(O)=C(C(c2cccc(N)c2)C(C)(C)C)C(=O)O1.CC1(C)CC(O)=C(C(c2cccc(NC(=O)OCc3ccccc3)c2)C(C)(C)C)C(=O)O1.CC1(C)CC(O)=C(C(c2cccc(NS(C)(=O)=O)c2)C(C)(C)C)C(=O)O1.CC1(C)CC(O)=CC(=O)O1.O=Cc1cccc(NC(=O)OCc2ccccc2)c1. The zero-order chi connectivity index (χ0) is 102. The zero-order valence-electron chi connectivity index (χ0n) is 81.3. The number of aldehydes is 1. The van der Waals surface area contributed by atoms with Crippen molar-refractivity contribution < 1.29 is 115 Å². The molecule has 5 heterocycles. The van der Waals surface area contributed by atoms with Crippen molar-refractivity contribution in [2.75, 3.05) is 32.7 Å². The molecule has 8 aromatic carbocycles. The summed E-state index contributed by atoms with van der Waals surface area (Å²) >= 11 is 0. The van der Waals surface area contributed by atoms with Gasteiger partial charge in [-0.3, -0.25) is 30.3 Å². The van der Waals surface area contributed by atoms with Gasteiger partial charge in [-0.15, -0.1) is 0 Å². The lowest BCUT2D eigenvalue weighted by atomic mass is 9.70. The number of carbonyl (C=O) groups is 10. The van der Waals surface area contributed by atoms with Crippen molar-refractivity contribution in [1.29, 1.82) is 0 Å². The van der Waals surface area contributed by atoms with E-state index in [-0.39, 0.29) is 96.0 Å². The molecule has 29 nitrogen and oxygen atoms in total. The van der Waals surface area contributed by atoms with E-state index >= 15 is 0 Å². The van der Waals surface area contributed by atoms with Crippen molar-refractivity contribution in [3.8, 4) is 0 Å². The second-order valence-corrected chi connectivity index (χ2v) is 41.7. The summed E-state index contributed by atoms with van der Waals surface area (Å²) in [7, 11) is -3.42. The fourth-order valence-corrected chi connectivity index (χ4v) is 16.3. The van der Waals surface area contributed by atoms with Crippen LogP contribution in [0.4, 0.5) is 42.8 Å². The first kappa shape index (κ1) is 108. The highest BCUT2D eigenvalue weighted by Crippen LogP contribution is 2.50. The number of ether oxygens (including phenoxy) is 8. The Balaban J connectivity index is 0.000000206. The number of rotatable bonds is 19. The first-order chi connectivity index (χ1) is 63.8. The van der Waals surface area contributed by atoms with Crippen molar-refractivity contribution in [3.63, 3.8) is 0 Å². The van der Waals surface area contributed by atoms with Crippen LogP contribution < -0.4 is 26.4 Å². The maximum atomic E-state index is 12.8. The summed E-state index contributed by atoms with van der Waals surface area (Å²) in [5.74, 6) is -3.74. The van der Waals surface area contributed by atoms with Crippen molar-refractivity contribution in [3.05, 3.63) is 308 Å². The van der Waals surface area contributed by atoms with E-state index < -0.39 is 109 Å². The minimum absolute atomic E-state index is 0.00290. The topological polar surface area (TPSA) is 434 Å². The molecule has 0 aliphatic carbocycles. The van der Waals surface area contributed by atoms with Gasteiger partial charge >= 0.3 is 48.1 Å². The number of Topliss-reactive ketones (excluding diaryl/α,β-unsaturated/α-hetero) is 1. The van der Waals surface area contributed by atoms with Gasteiger partial charge in [0.15, 0.2) is 5.78 Å².